The van der Waals surface area contributed by atoms with Crippen LogP contribution in [-0.4, -0.2) is 28.6 Å². The predicted octanol–water partition coefficient (Wildman–Crippen LogP) is 5.35. The van der Waals surface area contributed by atoms with E-state index in [0.29, 0.717) is 28.8 Å². The van der Waals surface area contributed by atoms with Crippen molar-refractivity contribution >= 4 is 28.9 Å². The standard InChI is InChI=1S/C25H22N4O5/c1-2-3-13-33-18-8-6-7-17(14-18)23-15-21(20-9-4-5-10-22(20)27-23)25(30)28-26-16-19-11-12-24(34-19)29(31)32/h4-12,14-16H,2-3,13H2,1H3,(H,28,30)/b26-16+. The molecule has 0 spiro atoms. The normalized spacial score (nSPS) is 11.1. The van der Waals surface area contributed by atoms with E-state index in [2.05, 4.69) is 17.5 Å². The zero-order valence-corrected chi connectivity index (χ0v) is 18.4. The van der Waals surface area contributed by atoms with Gasteiger partial charge >= 0.3 is 5.88 Å². The Labute approximate surface area is 195 Å². The van der Waals surface area contributed by atoms with Crippen LogP contribution in [0.25, 0.3) is 22.2 Å². The monoisotopic (exact) mass is 458 g/mol. The first-order valence-corrected chi connectivity index (χ1v) is 10.8. The second kappa shape index (κ2) is 10.4. The molecular formula is C25H22N4O5. The molecule has 1 N–H and O–H groups in total. The molecule has 2 heterocycles. The van der Waals surface area contributed by atoms with Gasteiger partial charge in [-0.05, 0) is 36.8 Å². The van der Waals surface area contributed by atoms with Crippen molar-refractivity contribution in [2.24, 2.45) is 5.10 Å². The Kier molecular flexibility index (Phi) is 6.92. The fourth-order valence-electron chi connectivity index (χ4n) is 3.32. The lowest BCUT2D eigenvalue weighted by Gasteiger charge is -2.10. The van der Waals surface area contributed by atoms with Crippen LogP contribution in [0, 0.1) is 10.1 Å². The molecule has 4 rings (SSSR count). The van der Waals surface area contributed by atoms with E-state index < -0.39 is 16.7 Å². The maximum atomic E-state index is 13.0. The number of para-hydroxylation sites is 1. The molecule has 4 aromatic rings. The van der Waals surface area contributed by atoms with Crippen molar-refractivity contribution in [3.63, 3.8) is 0 Å². The lowest BCUT2D eigenvalue weighted by atomic mass is 10.0. The summed E-state index contributed by atoms with van der Waals surface area (Å²) in [6, 6.07) is 19.2. The van der Waals surface area contributed by atoms with Gasteiger partial charge in [0.15, 0.2) is 5.76 Å². The molecule has 0 aliphatic rings. The molecule has 34 heavy (non-hydrogen) atoms. The highest BCUT2D eigenvalue weighted by Gasteiger charge is 2.15. The third-order valence-electron chi connectivity index (χ3n) is 5.01. The number of aromatic nitrogens is 1. The van der Waals surface area contributed by atoms with Gasteiger partial charge in [-0.3, -0.25) is 14.9 Å². The highest BCUT2D eigenvalue weighted by molar-refractivity contribution is 6.07. The molecule has 1 amide bonds. The highest BCUT2D eigenvalue weighted by Crippen LogP contribution is 2.27. The minimum atomic E-state index is -0.648. The van der Waals surface area contributed by atoms with Crippen molar-refractivity contribution in [1.29, 1.82) is 0 Å². The first-order valence-electron chi connectivity index (χ1n) is 10.8. The SMILES string of the molecule is CCCCOc1cccc(-c2cc(C(=O)N/N=C/c3ccc([N+](=O)[O-])o3)c3ccccc3n2)c1. The van der Waals surface area contributed by atoms with Gasteiger partial charge in [0.2, 0.25) is 0 Å². The zero-order chi connectivity index (χ0) is 23.9. The fourth-order valence-corrected chi connectivity index (χ4v) is 3.32. The largest absolute Gasteiger partial charge is 0.494 e. The topological polar surface area (TPSA) is 120 Å². The number of pyridine rings is 1. The van der Waals surface area contributed by atoms with E-state index in [1.54, 1.807) is 6.07 Å². The summed E-state index contributed by atoms with van der Waals surface area (Å²) in [6.07, 6.45) is 3.21. The molecular weight excluding hydrogens is 436 g/mol. The van der Waals surface area contributed by atoms with Gasteiger partial charge in [-0.25, -0.2) is 10.4 Å². The number of nitrogens with one attached hydrogen (secondary N) is 1. The molecule has 172 valence electrons. The summed E-state index contributed by atoms with van der Waals surface area (Å²) in [6.45, 7) is 2.74. The van der Waals surface area contributed by atoms with E-state index in [1.165, 1.54) is 18.3 Å². The second-order valence-corrected chi connectivity index (χ2v) is 7.43. The first-order chi connectivity index (χ1) is 16.5. The summed E-state index contributed by atoms with van der Waals surface area (Å²) in [5.41, 5.74) is 4.94. The number of fused-ring (bicyclic) bond motifs is 1. The van der Waals surface area contributed by atoms with E-state index in [0.717, 1.165) is 24.2 Å². The van der Waals surface area contributed by atoms with Crippen LogP contribution in [0.3, 0.4) is 0 Å². The average molecular weight is 458 g/mol. The third-order valence-corrected chi connectivity index (χ3v) is 5.01. The summed E-state index contributed by atoms with van der Waals surface area (Å²) in [5.74, 6) is 0.0298. The summed E-state index contributed by atoms with van der Waals surface area (Å²) in [7, 11) is 0. The first kappa shape index (κ1) is 22.7. The number of carbonyl (C=O) groups excluding carboxylic acids is 1. The molecule has 0 unspecified atom stereocenters. The number of nitrogens with zero attached hydrogens (tertiary/aromatic N) is 3. The van der Waals surface area contributed by atoms with Gasteiger partial charge in [0.05, 0.1) is 35.7 Å². The Balaban J connectivity index is 1.61. The number of hydrogen-bond acceptors (Lipinski definition) is 7. The maximum absolute atomic E-state index is 13.0. The number of hydrazone groups is 1. The Morgan fingerprint density at radius 1 is 1.18 bits per heavy atom. The van der Waals surface area contributed by atoms with Gasteiger partial charge in [0.1, 0.15) is 10.7 Å². The van der Waals surface area contributed by atoms with Gasteiger partial charge in [0.25, 0.3) is 5.91 Å². The van der Waals surface area contributed by atoms with Crippen LogP contribution in [0.4, 0.5) is 5.88 Å². The molecule has 9 nitrogen and oxygen atoms in total. The number of hydrogen-bond donors (Lipinski definition) is 1. The number of benzene rings is 2. The van der Waals surface area contributed by atoms with E-state index >= 15 is 0 Å². The minimum absolute atomic E-state index is 0.146. The summed E-state index contributed by atoms with van der Waals surface area (Å²) in [5, 5.41) is 15.3. The van der Waals surface area contributed by atoms with Gasteiger partial charge in [-0.1, -0.05) is 43.7 Å². The molecule has 2 aromatic carbocycles. The van der Waals surface area contributed by atoms with Crippen LogP contribution in [0.1, 0.15) is 35.9 Å². The van der Waals surface area contributed by atoms with Crippen molar-refractivity contribution in [1.82, 2.24) is 10.4 Å². The van der Waals surface area contributed by atoms with Gasteiger partial charge in [-0.15, -0.1) is 0 Å². The van der Waals surface area contributed by atoms with E-state index in [-0.39, 0.29) is 5.76 Å². The number of rotatable bonds is 9. The van der Waals surface area contributed by atoms with E-state index in [9.17, 15) is 14.9 Å². The Hall–Kier alpha value is -4.53. The molecule has 0 bridgehead atoms. The van der Waals surface area contributed by atoms with E-state index in [4.69, 9.17) is 14.1 Å². The molecule has 0 atom stereocenters. The molecule has 0 aliphatic carbocycles. The molecule has 0 saturated carbocycles. The molecule has 2 aromatic heterocycles. The van der Waals surface area contributed by atoms with Crippen LogP contribution in [0.2, 0.25) is 0 Å². The smallest absolute Gasteiger partial charge is 0.433 e. The highest BCUT2D eigenvalue weighted by atomic mass is 16.6. The average Bonchev–Trinajstić information content (AvgIpc) is 3.33. The van der Waals surface area contributed by atoms with Crippen LogP contribution in [0.15, 0.2) is 76.2 Å². The van der Waals surface area contributed by atoms with Crippen LogP contribution >= 0.6 is 0 Å². The Bertz CT molecular complexity index is 1360. The summed E-state index contributed by atoms with van der Waals surface area (Å²) < 4.78 is 10.8. The number of furan rings is 1. The fraction of sp³-hybridized carbons (Fsp3) is 0.160. The zero-order valence-electron chi connectivity index (χ0n) is 18.4. The minimum Gasteiger partial charge on any atom is -0.494 e. The number of unbranched alkanes of at least 4 members (excludes halogenated alkanes) is 1. The number of amides is 1. The van der Waals surface area contributed by atoms with Crippen molar-refractivity contribution in [2.45, 2.75) is 19.8 Å². The van der Waals surface area contributed by atoms with E-state index in [1.807, 2.05) is 48.5 Å². The summed E-state index contributed by atoms with van der Waals surface area (Å²) >= 11 is 0. The van der Waals surface area contributed by atoms with Crippen molar-refractivity contribution < 1.29 is 18.9 Å². The molecule has 0 radical (unpaired) electrons. The number of ether oxygens (including phenoxy) is 1. The van der Waals surface area contributed by atoms with Crippen molar-refractivity contribution in [3.8, 4) is 17.0 Å². The summed E-state index contributed by atoms with van der Waals surface area (Å²) in [4.78, 5) is 27.8. The Morgan fingerprint density at radius 3 is 2.82 bits per heavy atom. The van der Waals surface area contributed by atoms with Gasteiger partial charge in [0, 0.05) is 10.9 Å². The maximum Gasteiger partial charge on any atom is 0.433 e. The van der Waals surface area contributed by atoms with Gasteiger partial charge < -0.3 is 9.15 Å². The van der Waals surface area contributed by atoms with Crippen LogP contribution in [0.5, 0.6) is 5.75 Å². The van der Waals surface area contributed by atoms with Gasteiger partial charge in [-0.2, -0.15) is 5.10 Å². The molecule has 0 aliphatic heterocycles. The lowest BCUT2D eigenvalue weighted by molar-refractivity contribution is -0.402. The number of nitro groups is 1. The lowest BCUT2D eigenvalue weighted by Crippen LogP contribution is -2.18. The quantitative estimate of drug-likeness (QED) is 0.156. The Morgan fingerprint density at radius 2 is 2.03 bits per heavy atom. The second-order valence-electron chi connectivity index (χ2n) is 7.43. The molecule has 0 saturated heterocycles. The van der Waals surface area contributed by atoms with Crippen LogP contribution < -0.4 is 10.2 Å². The van der Waals surface area contributed by atoms with Crippen molar-refractivity contribution in [2.75, 3.05) is 6.61 Å². The number of carbonyl (C=O) groups is 1. The third kappa shape index (κ3) is 5.26. The predicted molar refractivity (Wildman–Crippen MR) is 128 cm³/mol. The van der Waals surface area contributed by atoms with Crippen molar-refractivity contribution in [3.05, 3.63) is 88.2 Å². The molecule has 0 fully saturated rings. The van der Waals surface area contributed by atoms with Crippen LogP contribution in [-0.2, 0) is 0 Å². The molecule has 9 heteroatoms.